The summed E-state index contributed by atoms with van der Waals surface area (Å²) in [6, 6.07) is 6.06. The minimum atomic E-state index is -1.44. The summed E-state index contributed by atoms with van der Waals surface area (Å²) in [6.45, 7) is 11.7. The Morgan fingerprint density at radius 3 is 2.25 bits per heavy atom. The molecule has 2 N–H and O–H groups in total. The highest BCUT2D eigenvalue weighted by Gasteiger charge is 2.47. The predicted molar refractivity (Wildman–Crippen MR) is 127 cm³/mol. The molecule has 7 nitrogen and oxygen atoms in total. The van der Waals surface area contributed by atoms with Crippen LogP contribution in [0.25, 0.3) is 0 Å². The Morgan fingerprint density at radius 2 is 1.75 bits per heavy atom. The molecule has 1 aromatic rings. The van der Waals surface area contributed by atoms with Crippen molar-refractivity contribution in [3.05, 3.63) is 35.4 Å². The molecule has 1 aliphatic rings. The van der Waals surface area contributed by atoms with E-state index in [9.17, 15) is 14.4 Å². The quantitative estimate of drug-likeness (QED) is 0.485. The van der Waals surface area contributed by atoms with Gasteiger partial charge in [-0.2, -0.15) is 0 Å². The highest BCUT2D eigenvalue weighted by Crippen LogP contribution is 2.40. The molecule has 0 spiro atoms. The maximum atomic E-state index is 13.1. The molecule has 32 heavy (non-hydrogen) atoms. The number of esters is 1. The number of carbonyl (C=O) groups is 3. The van der Waals surface area contributed by atoms with Crippen molar-refractivity contribution in [2.24, 2.45) is 11.7 Å². The van der Waals surface area contributed by atoms with Gasteiger partial charge in [-0.05, 0) is 44.2 Å². The molecule has 0 saturated carbocycles. The van der Waals surface area contributed by atoms with Crippen LogP contribution in [0.5, 0.6) is 0 Å². The van der Waals surface area contributed by atoms with Crippen LogP contribution >= 0.6 is 11.8 Å². The van der Waals surface area contributed by atoms with Crippen LogP contribution in [0, 0.1) is 5.92 Å². The van der Waals surface area contributed by atoms with Gasteiger partial charge in [0, 0.05) is 11.7 Å². The van der Waals surface area contributed by atoms with E-state index in [-0.39, 0.29) is 11.3 Å². The van der Waals surface area contributed by atoms with Crippen LogP contribution in [0.2, 0.25) is 0 Å². The summed E-state index contributed by atoms with van der Waals surface area (Å²) in [5, 5.41) is -0.334. The minimum Gasteiger partial charge on any atom is -0.468 e. The van der Waals surface area contributed by atoms with Gasteiger partial charge in [-0.15, -0.1) is 11.8 Å². The summed E-state index contributed by atoms with van der Waals surface area (Å²) < 4.78 is 10.2. The van der Waals surface area contributed by atoms with E-state index in [0.29, 0.717) is 11.7 Å². The number of benzene rings is 1. The van der Waals surface area contributed by atoms with Crippen molar-refractivity contribution in [2.75, 3.05) is 12.9 Å². The van der Waals surface area contributed by atoms with E-state index in [1.165, 1.54) is 29.3 Å². The first-order chi connectivity index (χ1) is 14.9. The molecule has 1 amide bonds. The van der Waals surface area contributed by atoms with Gasteiger partial charge in [0.25, 0.3) is 0 Å². The highest BCUT2D eigenvalue weighted by atomic mass is 32.2. The summed E-state index contributed by atoms with van der Waals surface area (Å²) in [7, 11) is 1.18. The summed E-state index contributed by atoms with van der Waals surface area (Å²) in [5.74, 6) is -0.521. The SMILES string of the molecule is COC(=O)C(N)C(=O)C1CSC(C(C)c2ccc(CC(C)C)cc2)N1C(=O)OC(C)(C)C. The molecular formula is C24H36N2O5S. The summed E-state index contributed by atoms with van der Waals surface area (Å²) in [4.78, 5) is 39.4. The van der Waals surface area contributed by atoms with Crippen molar-refractivity contribution in [3.63, 3.8) is 0 Å². The van der Waals surface area contributed by atoms with Crippen molar-refractivity contribution in [1.29, 1.82) is 0 Å². The van der Waals surface area contributed by atoms with Crippen LogP contribution in [0.4, 0.5) is 4.79 Å². The smallest absolute Gasteiger partial charge is 0.411 e. The van der Waals surface area contributed by atoms with E-state index in [1.54, 1.807) is 20.8 Å². The summed E-state index contributed by atoms with van der Waals surface area (Å²) in [6.07, 6.45) is 0.407. The Kier molecular flexibility index (Phi) is 8.76. The Hall–Kier alpha value is -2.06. The van der Waals surface area contributed by atoms with Crippen molar-refractivity contribution in [2.45, 2.75) is 76.9 Å². The second kappa shape index (κ2) is 10.7. The van der Waals surface area contributed by atoms with E-state index in [2.05, 4.69) is 42.8 Å². The van der Waals surface area contributed by atoms with E-state index < -0.39 is 35.5 Å². The molecule has 8 heteroatoms. The Bertz CT molecular complexity index is 819. The second-order valence-electron chi connectivity index (χ2n) is 9.66. The normalized spacial score (nSPS) is 20.7. The van der Waals surface area contributed by atoms with Gasteiger partial charge in [0.1, 0.15) is 11.6 Å². The molecular weight excluding hydrogens is 428 g/mol. The first-order valence-corrected chi connectivity index (χ1v) is 12.0. The number of carbonyl (C=O) groups excluding carboxylic acids is 3. The maximum Gasteiger partial charge on any atom is 0.411 e. The van der Waals surface area contributed by atoms with Crippen LogP contribution in [0.15, 0.2) is 24.3 Å². The van der Waals surface area contributed by atoms with Crippen molar-refractivity contribution >= 4 is 29.6 Å². The molecule has 0 bridgehead atoms. The monoisotopic (exact) mass is 464 g/mol. The van der Waals surface area contributed by atoms with Crippen LogP contribution in [0.3, 0.4) is 0 Å². The summed E-state index contributed by atoms with van der Waals surface area (Å²) >= 11 is 1.49. The predicted octanol–water partition coefficient (Wildman–Crippen LogP) is 3.74. The van der Waals surface area contributed by atoms with E-state index in [1.807, 2.05) is 6.92 Å². The average Bonchev–Trinajstić information content (AvgIpc) is 3.15. The number of hydrogen-bond donors (Lipinski definition) is 1. The van der Waals surface area contributed by atoms with E-state index in [4.69, 9.17) is 10.5 Å². The summed E-state index contributed by atoms with van der Waals surface area (Å²) in [5.41, 5.74) is 7.41. The third kappa shape index (κ3) is 6.48. The molecule has 0 aromatic heterocycles. The van der Waals surface area contributed by atoms with Gasteiger partial charge in [0.2, 0.25) is 0 Å². The average molecular weight is 465 g/mol. The number of methoxy groups -OCH3 is 1. The number of amides is 1. The number of thioether (sulfide) groups is 1. The van der Waals surface area contributed by atoms with Crippen LogP contribution in [-0.2, 0) is 25.5 Å². The molecule has 1 saturated heterocycles. The van der Waals surface area contributed by atoms with Crippen LogP contribution in [-0.4, -0.2) is 58.7 Å². The van der Waals surface area contributed by atoms with Gasteiger partial charge in [-0.3, -0.25) is 9.69 Å². The lowest BCUT2D eigenvalue weighted by Crippen LogP contribution is -2.54. The van der Waals surface area contributed by atoms with Gasteiger partial charge >= 0.3 is 12.1 Å². The van der Waals surface area contributed by atoms with E-state index >= 15 is 0 Å². The number of ether oxygens (including phenoxy) is 2. The lowest BCUT2D eigenvalue weighted by Gasteiger charge is -2.34. The number of hydrogen-bond acceptors (Lipinski definition) is 7. The molecule has 1 aromatic carbocycles. The first kappa shape index (κ1) is 26.2. The van der Waals surface area contributed by atoms with Gasteiger partial charge in [-0.1, -0.05) is 45.0 Å². The number of nitrogens with zero attached hydrogens (tertiary/aromatic N) is 1. The lowest BCUT2D eigenvalue weighted by atomic mass is 9.95. The molecule has 1 aliphatic heterocycles. The molecule has 178 valence electrons. The van der Waals surface area contributed by atoms with Crippen molar-refractivity contribution in [1.82, 2.24) is 4.90 Å². The largest absolute Gasteiger partial charge is 0.468 e. The zero-order chi connectivity index (χ0) is 24.2. The Balaban J connectivity index is 2.32. The standard InChI is InChI=1S/C24H36N2O5S/c1-14(2)12-16-8-10-17(11-9-16)15(3)21-26(23(29)31-24(4,5)6)18(13-32-21)20(27)19(25)22(28)30-7/h8-11,14-15,18-19,21H,12-13,25H2,1-7H3. The Labute approximate surface area is 195 Å². The maximum absolute atomic E-state index is 13.1. The molecule has 4 atom stereocenters. The van der Waals surface area contributed by atoms with Crippen molar-refractivity contribution < 1.29 is 23.9 Å². The zero-order valence-corrected chi connectivity index (χ0v) is 20.9. The van der Waals surface area contributed by atoms with Crippen molar-refractivity contribution in [3.8, 4) is 0 Å². The number of nitrogens with two attached hydrogens (primary N) is 1. The molecule has 0 radical (unpaired) electrons. The van der Waals surface area contributed by atoms with Gasteiger partial charge < -0.3 is 15.2 Å². The molecule has 0 aliphatic carbocycles. The highest BCUT2D eigenvalue weighted by molar-refractivity contribution is 8.00. The second-order valence-corrected chi connectivity index (χ2v) is 10.8. The fourth-order valence-corrected chi connectivity index (χ4v) is 5.27. The topological polar surface area (TPSA) is 98.9 Å². The van der Waals surface area contributed by atoms with Crippen LogP contribution < -0.4 is 5.73 Å². The first-order valence-electron chi connectivity index (χ1n) is 10.9. The van der Waals surface area contributed by atoms with Gasteiger partial charge in [0.15, 0.2) is 11.8 Å². The van der Waals surface area contributed by atoms with Crippen LogP contribution in [0.1, 0.15) is 58.6 Å². The third-order valence-electron chi connectivity index (χ3n) is 5.31. The molecule has 1 heterocycles. The third-order valence-corrected chi connectivity index (χ3v) is 6.79. The molecule has 2 rings (SSSR count). The fraction of sp³-hybridized carbons (Fsp3) is 0.625. The molecule has 4 unspecified atom stereocenters. The minimum absolute atomic E-state index is 0.0623. The Morgan fingerprint density at radius 1 is 1.16 bits per heavy atom. The zero-order valence-electron chi connectivity index (χ0n) is 20.1. The number of Topliss-reactive ketones (excluding diaryl/α,β-unsaturated/α-hetero) is 1. The fourth-order valence-electron chi connectivity index (χ4n) is 3.72. The van der Waals surface area contributed by atoms with E-state index in [0.717, 1.165) is 12.0 Å². The number of ketones is 1. The number of rotatable bonds is 7. The van der Waals surface area contributed by atoms with Gasteiger partial charge in [-0.25, -0.2) is 9.59 Å². The lowest BCUT2D eigenvalue weighted by molar-refractivity contribution is -0.146. The molecule has 1 fully saturated rings. The van der Waals surface area contributed by atoms with Gasteiger partial charge in [0.05, 0.1) is 12.5 Å².